The summed E-state index contributed by atoms with van der Waals surface area (Å²) >= 11 is 0. The molecule has 0 unspecified atom stereocenters. The molecule has 2 aromatic carbocycles. The Morgan fingerprint density at radius 3 is 2.29 bits per heavy atom. The highest BCUT2D eigenvalue weighted by molar-refractivity contribution is 6.34. The van der Waals surface area contributed by atoms with Crippen LogP contribution in [0, 0.1) is 0 Å². The molecule has 68 valence electrons. The van der Waals surface area contributed by atoms with Gasteiger partial charge in [0, 0.05) is 5.56 Å². The highest BCUT2D eigenvalue weighted by Crippen LogP contribution is 2.26. The van der Waals surface area contributed by atoms with E-state index in [-0.39, 0.29) is 0 Å². The van der Waals surface area contributed by atoms with Crippen molar-refractivity contribution >= 4 is 13.3 Å². The first-order valence-corrected chi connectivity index (χ1v) is 4.63. The average Bonchev–Trinajstić information content (AvgIpc) is 2.23. The Balaban J connectivity index is 2.58. The summed E-state index contributed by atoms with van der Waals surface area (Å²) in [4.78, 5) is 0. The van der Waals surface area contributed by atoms with Crippen LogP contribution in [-0.2, 0) is 0 Å². The van der Waals surface area contributed by atoms with E-state index >= 15 is 0 Å². The average molecular weight is 182 g/mol. The number of aromatic hydroxyl groups is 1. The van der Waals surface area contributed by atoms with Gasteiger partial charge in [-0.2, -0.15) is 0 Å². The lowest BCUT2D eigenvalue weighted by atomic mass is 9.91. The number of benzene rings is 2. The topological polar surface area (TPSA) is 20.2 Å². The molecule has 0 aliphatic carbocycles. The van der Waals surface area contributed by atoms with Gasteiger partial charge in [0.2, 0.25) is 0 Å². The lowest BCUT2D eigenvalue weighted by Crippen LogP contribution is -2.02. The quantitative estimate of drug-likeness (QED) is 0.659. The van der Waals surface area contributed by atoms with Crippen molar-refractivity contribution in [3.8, 4) is 16.9 Å². The molecule has 0 aliphatic rings. The number of rotatable bonds is 1. The molecule has 0 radical (unpaired) electrons. The molecule has 14 heavy (non-hydrogen) atoms. The zero-order valence-corrected chi connectivity index (χ0v) is 8.07. The number of hydrogen-bond donors (Lipinski definition) is 1. The third-order valence-corrected chi connectivity index (χ3v) is 2.32. The van der Waals surface area contributed by atoms with Gasteiger partial charge in [-0.3, -0.25) is 0 Å². The van der Waals surface area contributed by atoms with Crippen LogP contribution in [0.3, 0.4) is 0 Å². The van der Waals surface area contributed by atoms with Gasteiger partial charge >= 0.3 is 0 Å². The van der Waals surface area contributed by atoms with Crippen LogP contribution in [0.4, 0.5) is 0 Å². The highest BCUT2D eigenvalue weighted by atomic mass is 16.3. The number of hydrogen-bond acceptors (Lipinski definition) is 1. The minimum absolute atomic E-state index is 0.374. The lowest BCUT2D eigenvalue weighted by Gasteiger charge is -2.06. The third-order valence-electron chi connectivity index (χ3n) is 2.32. The number of para-hydroxylation sites is 1. The fraction of sp³-hybridized carbons (Fsp3) is 0. The molecule has 0 fully saturated rings. The molecule has 0 saturated carbocycles. The molecule has 0 spiro atoms. The summed E-state index contributed by atoms with van der Waals surface area (Å²) in [5.41, 5.74) is 2.85. The van der Waals surface area contributed by atoms with Crippen molar-refractivity contribution in [3.05, 3.63) is 48.5 Å². The standard InChI is InChI=1S/C12H11BO/c13-11-8-4-7-10(12(11)14)9-5-2-1-3-6-9/h1-8,14H,13H2. The maximum atomic E-state index is 9.85. The van der Waals surface area contributed by atoms with E-state index in [0.717, 1.165) is 16.6 Å². The molecule has 0 aliphatic heterocycles. The molecule has 1 nitrogen and oxygen atoms in total. The smallest absolute Gasteiger partial charge is 0.144 e. The van der Waals surface area contributed by atoms with E-state index < -0.39 is 0 Å². The fourth-order valence-corrected chi connectivity index (χ4v) is 1.51. The molecule has 0 atom stereocenters. The number of phenolic OH excluding ortho intramolecular Hbond substituents is 1. The van der Waals surface area contributed by atoms with E-state index in [1.807, 2.05) is 56.4 Å². The highest BCUT2D eigenvalue weighted by Gasteiger charge is 2.04. The Labute approximate surface area is 84.4 Å². The Kier molecular flexibility index (Phi) is 2.27. The molecule has 2 aromatic rings. The van der Waals surface area contributed by atoms with Crippen LogP contribution in [0.1, 0.15) is 0 Å². The summed E-state index contributed by atoms with van der Waals surface area (Å²) < 4.78 is 0. The van der Waals surface area contributed by atoms with Gasteiger partial charge in [-0.25, -0.2) is 0 Å². The molecule has 0 heterocycles. The second kappa shape index (κ2) is 3.58. The Morgan fingerprint density at radius 1 is 0.857 bits per heavy atom. The molecule has 2 heteroatoms. The summed E-state index contributed by atoms with van der Waals surface area (Å²) in [5, 5.41) is 9.85. The van der Waals surface area contributed by atoms with Crippen molar-refractivity contribution in [1.29, 1.82) is 0 Å². The van der Waals surface area contributed by atoms with Crippen molar-refractivity contribution in [2.75, 3.05) is 0 Å². The van der Waals surface area contributed by atoms with Crippen molar-refractivity contribution in [2.45, 2.75) is 0 Å². The second-order valence-corrected chi connectivity index (χ2v) is 3.34. The van der Waals surface area contributed by atoms with E-state index in [4.69, 9.17) is 0 Å². The minimum atomic E-state index is 0.374. The minimum Gasteiger partial charge on any atom is -0.508 e. The SMILES string of the molecule is Bc1cccc(-c2ccccc2)c1O. The summed E-state index contributed by atoms with van der Waals surface area (Å²) in [6.07, 6.45) is 0. The lowest BCUT2D eigenvalue weighted by molar-refractivity contribution is 0.481. The van der Waals surface area contributed by atoms with Crippen molar-refractivity contribution in [1.82, 2.24) is 0 Å². The summed E-state index contributed by atoms with van der Waals surface area (Å²) in [6.45, 7) is 0. The zero-order valence-electron chi connectivity index (χ0n) is 8.07. The zero-order chi connectivity index (χ0) is 9.97. The van der Waals surface area contributed by atoms with E-state index in [2.05, 4.69) is 0 Å². The molecular weight excluding hydrogens is 171 g/mol. The first kappa shape index (κ1) is 8.88. The Hall–Kier alpha value is -1.70. The molecule has 0 saturated heterocycles. The molecule has 0 aromatic heterocycles. The largest absolute Gasteiger partial charge is 0.508 e. The predicted molar refractivity (Wildman–Crippen MR) is 61.7 cm³/mol. The summed E-state index contributed by atoms with van der Waals surface area (Å²) in [6, 6.07) is 15.7. The Bertz CT molecular complexity index is 437. The van der Waals surface area contributed by atoms with Gasteiger partial charge in [0.15, 0.2) is 0 Å². The van der Waals surface area contributed by atoms with Crippen LogP contribution in [0.25, 0.3) is 11.1 Å². The van der Waals surface area contributed by atoms with Crippen LogP contribution < -0.4 is 5.46 Å². The first-order chi connectivity index (χ1) is 6.79. The third kappa shape index (κ3) is 1.51. The van der Waals surface area contributed by atoms with E-state index in [9.17, 15) is 5.11 Å². The van der Waals surface area contributed by atoms with Gasteiger partial charge in [0.1, 0.15) is 13.6 Å². The van der Waals surface area contributed by atoms with Crippen molar-refractivity contribution in [3.63, 3.8) is 0 Å². The van der Waals surface area contributed by atoms with Crippen molar-refractivity contribution in [2.24, 2.45) is 0 Å². The molecule has 0 amide bonds. The van der Waals surface area contributed by atoms with Crippen LogP contribution >= 0.6 is 0 Å². The van der Waals surface area contributed by atoms with Crippen LogP contribution in [-0.4, -0.2) is 13.0 Å². The molecular formula is C12H11BO. The van der Waals surface area contributed by atoms with Crippen LogP contribution in [0.15, 0.2) is 48.5 Å². The van der Waals surface area contributed by atoms with Gasteiger partial charge in [-0.1, -0.05) is 48.5 Å². The maximum Gasteiger partial charge on any atom is 0.144 e. The van der Waals surface area contributed by atoms with Gasteiger partial charge in [-0.15, -0.1) is 0 Å². The molecule has 2 rings (SSSR count). The normalized spacial score (nSPS) is 10.0. The summed E-state index contributed by atoms with van der Waals surface area (Å²) in [5.74, 6) is 0.374. The van der Waals surface area contributed by atoms with Crippen LogP contribution in [0.2, 0.25) is 0 Å². The maximum absolute atomic E-state index is 9.85. The predicted octanol–water partition coefficient (Wildman–Crippen LogP) is 1.32. The second-order valence-electron chi connectivity index (χ2n) is 3.34. The van der Waals surface area contributed by atoms with Gasteiger partial charge in [-0.05, 0) is 11.0 Å². The van der Waals surface area contributed by atoms with Crippen LogP contribution in [0.5, 0.6) is 5.75 Å². The monoisotopic (exact) mass is 182 g/mol. The van der Waals surface area contributed by atoms with E-state index in [1.165, 1.54) is 0 Å². The van der Waals surface area contributed by atoms with E-state index in [1.54, 1.807) is 0 Å². The first-order valence-electron chi connectivity index (χ1n) is 4.63. The molecule has 1 N–H and O–H groups in total. The van der Waals surface area contributed by atoms with E-state index in [0.29, 0.717) is 5.75 Å². The molecule has 0 bridgehead atoms. The Morgan fingerprint density at radius 2 is 1.57 bits per heavy atom. The summed E-state index contributed by atoms with van der Waals surface area (Å²) in [7, 11) is 1.90. The van der Waals surface area contributed by atoms with Gasteiger partial charge < -0.3 is 5.11 Å². The number of phenols is 1. The van der Waals surface area contributed by atoms with Gasteiger partial charge in [0.05, 0.1) is 0 Å². The fourth-order valence-electron chi connectivity index (χ4n) is 1.51. The van der Waals surface area contributed by atoms with Gasteiger partial charge in [0.25, 0.3) is 0 Å². The van der Waals surface area contributed by atoms with Crippen molar-refractivity contribution < 1.29 is 5.11 Å².